The van der Waals surface area contributed by atoms with Gasteiger partial charge in [0.05, 0.1) is 11.0 Å². The molecule has 0 bridgehead atoms. The fraction of sp³-hybridized carbons (Fsp3) is 0.316. The highest BCUT2D eigenvalue weighted by Gasteiger charge is 2.06. The topological polar surface area (TPSA) is 37.9 Å². The predicted molar refractivity (Wildman–Crippen MR) is 90.4 cm³/mol. The lowest BCUT2D eigenvalue weighted by Gasteiger charge is -2.07. The van der Waals surface area contributed by atoms with Crippen molar-refractivity contribution in [1.29, 1.82) is 0 Å². The second-order valence-corrected chi connectivity index (χ2v) is 6.15. The van der Waals surface area contributed by atoms with E-state index < -0.39 is 0 Å². The van der Waals surface area contributed by atoms with Crippen molar-refractivity contribution >= 4 is 11.0 Å². The van der Waals surface area contributed by atoms with Crippen LogP contribution >= 0.6 is 0 Å². The molecule has 3 rings (SSSR count). The Hall–Kier alpha value is -2.29. The van der Waals surface area contributed by atoms with E-state index in [9.17, 15) is 0 Å². The zero-order valence-corrected chi connectivity index (χ0v) is 13.6. The maximum atomic E-state index is 5.82. The molecule has 0 unspecified atom stereocenters. The minimum atomic E-state index is 0.452. The van der Waals surface area contributed by atoms with E-state index in [1.165, 1.54) is 16.7 Å². The van der Waals surface area contributed by atoms with Gasteiger partial charge < -0.3 is 9.72 Å². The van der Waals surface area contributed by atoms with Crippen LogP contribution in [0.1, 0.15) is 42.3 Å². The highest BCUT2D eigenvalue weighted by molar-refractivity contribution is 5.77. The molecule has 2 aromatic carbocycles. The number of rotatable bonds is 4. The van der Waals surface area contributed by atoms with Crippen molar-refractivity contribution in [2.24, 2.45) is 0 Å². The van der Waals surface area contributed by atoms with Crippen LogP contribution in [-0.2, 0) is 6.61 Å². The average Bonchev–Trinajstić information content (AvgIpc) is 2.88. The van der Waals surface area contributed by atoms with Crippen LogP contribution in [-0.4, -0.2) is 9.97 Å². The lowest BCUT2D eigenvalue weighted by Crippen LogP contribution is -1.97. The Morgan fingerprint density at radius 1 is 1.05 bits per heavy atom. The van der Waals surface area contributed by atoms with Crippen molar-refractivity contribution in [3.05, 3.63) is 58.9 Å². The number of hydrogen-bond acceptors (Lipinski definition) is 2. The van der Waals surface area contributed by atoms with Gasteiger partial charge in [-0.25, -0.2) is 4.98 Å². The van der Waals surface area contributed by atoms with Crippen molar-refractivity contribution in [2.75, 3.05) is 0 Å². The number of nitrogens with one attached hydrogen (secondary N) is 1. The Balaban J connectivity index is 1.73. The summed E-state index contributed by atoms with van der Waals surface area (Å²) in [5.41, 5.74) is 5.92. The van der Waals surface area contributed by atoms with E-state index in [1.807, 2.05) is 12.1 Å². The summed E-state index contributed by atoms with van der Waals surface area (Å²) in [4.78, 5) is 7.92. The molecule has 0 fully saturated rings. The first kappa shape index (κ1) is 14.6. The molecule has 0 aliphatic rings. The van der Waals surface area contributed by atoms with Gasteiger partial charge in [-0.3, -0.25) is 0 Å². The van der Waals surface area contributed by atoms with E-state index in [4.69, 9.17) is 4.74 Å². The molecule has 1 aromatic heterocycles. The lowest BCUT2D eigenvalue weighted by molar-refractivity contribution is 0.297. The van der Waals surface area contributed by atoms with Gasteiger partial charge >= 0.3 is 0 Å². The van der Waals surface area contributed by atoms with Crippen molar-refractivity contribution in [3.63, 3.8) is 0 Å². The van der Waals surface area contributed by atoms with E-state index in [0.717, 1.165) is 22.6 Å². The number of imidazole rings is 1. The van der Waals surface area contributed by atoms with Crippen LogP contribution in [0, 0.1) is 13.8 Å². The molecule has 3 heteroatoms. The van der Waals surface area contributed by atoms with Crippen LogP contribution < -0.4 is 4.74 Å². The molecule has 0 aliphatic heterocycles. The Bertz CT molecular complexity index is 746. The lowest BCUT2D eigenvalue weighted by atomic mass is 10.0. The molecule has 0 spiro atoms. The number of nitrogens with zero attached hydrogens (tertiary/aromatic N) is 1. The summed E-state index contributed by atoms with van der Waals surface area (Å²) >= 11 is 0. The zero-order valence-electron chi connectivity index (χ0n) is 13.6. The van der Waals surface area contributed by atoms with Crippen LogP contribution in [0.25, 0.3) is 11.0 Å². The van der Waals surface area contributed by atoms with E-state index in [1.54, 1.807) is 0 Å². The largest absolute Gasteiger partial charge is 0.486 e. The molecule has 0 atom stereocenters. The highest BCUT2D eigenvalue weighted by atomic mass is 16.5. The van der Waals surface area contributed by atoms with Gasteiger partial charge in [0, 0.05) is 0 Å². The number of H-pyrrole nitrogens is 1. The van der Waals surface area contributed by atoms with Crippen LogP contribution in [0.3, 0.4) is 0 Å². The standard InChI is InChI=1S/C19H22N2O/c1-12(2)15-5-7-16(8-6-15)22-11-19-20-17-9-13(3)14(4)10-18(17)21-19/h5-10,12H,11H2,1-4H3,(H,20,21). The molecule has 114 valence electrons. The molecule has 0 radical (unpaired) electrons. The molecule has 0 saturated carbocycles. The van der Waals surface area contributed by atoms with Gasteiger partial charge in [-0.05, 0) is 60.7 Å². The van der Waals surface area contributed by atoms with E-state index in [-0.39, 0.29) is 0 Å². The zero-order chi connectivity index (χ0) is 15.7. The van der Waals surface area contributed by atoms with Gasteiger partial charge in [-0.2, -0.15) is 0 Å². The Morgan fingerprint density at radius 2 is 1.73 bits per heavy atom. The summed E-state index contributed by atoms with van der Waals surface area (Å²) in [7, 11) is 0. The Morgan fingerprint density at radius 3 is 2.41 bits per heavy atom. The molecule has 1 N–H and O–H groups in total. The van der Waals surface area contributed by atoms with Crippen LogP contribution in [0.5, 0.6) is 5.75 Å². The summed E-state index contributed by atoms with van der Waals surface area (Å²) in [5.74, 6) is 2.26. The van der Waals surface area contributed by atoms with Gasteiger partial charge in [0.2, 0.25) is 0 Å². The molecule has 22 heavy (non-hydrogen) atoms. The van der Waals surface area contributed by atoms with Gasteiger partial charge in [0.25, 0.3) is 0 Å². The molecule has 0 amide bonds. The number of ether oxygens (including phenoxy) is 1. The number of aromatic amines is 1. The summed E-state index contributed by atoms with van der Waals surface area (Å²) in [5, 5.41) is 0. The van der Waals surface area contributed by atoms with E-state index in [0.29, 0.717) is 12.5 Å². The number of benzene rings is 2. The molecular formula is C19H22N2O. The molecule has 3 nitrogen and oxygen atoms in total. The van der Waals surface area contributed by atoms with Crippen molar-refractivity contribution in [2.45, 2.75) is 40.2 Å². The number of aromatic nitrogens is 2. The summed E-state index contributed by atoms with van der Waals surface area (Å²) in [6.45, 7) is 9.05. The molecule has 3 aromatic rings. The molecular weight excluding hydrogens is 272 g/mol. The van der Waals surface area contributed by atoms with Crippen LogP contribution in [0.15, 0.2) is 36.4 Å². The first-order chi connectivity index (χ1) is 10.5. The number of fused-ring (bicyclic) bond motifs is 1. The minimum absolute atomic E-state index is 0.452. The first-order valence-electron chi connectivity index (χ1n) is 7.71. The normalized spacial score (nSPS) is 11.3. The predicted octanol–water partition coefficient (Wildman–Crippen LogP) is 4.88. The number of aryl methyl sites for hydroxylation is 2. The molecule has 0 aliphatic carbocycles. The fourth-order valence-electron chi connectivity index (χ4n) is 2.49. The smallest absolute Gasteiger partial charge is 0.146 e. The van der Waals surface area contributed by atoms with Gasteiger partial charge in [0.1, 0.15) is 18.2 Å². The van der Waals surface area contributed by atoms with Crippen LogP contribution in [0.4, 0.5) is 0 Å². The third-order valence-corrected chi connectivity index (χ3v) is 4.07. The maximum Gasteiger partial charge on any atom is 0.146 e. The summed E-state index contributed by atoms with van der Waals surface area (Å²) < 4.78 is 5.82. The average molecular weight is 294 g/mol. The quantitative estimate of drug-likeness (QED) is 0.744. The van der Waals surface area contributed by atoms with E-state index in [2.05, 4.69) is 61.9 Å². The third-order valence-electron chi connectivity index (χ3n) is 4.07. The highest BCUT2D eigenvalue weighted by Crippen LogP contribution is 2.20. The second-order valence-electron chi connectivity index (χ2n) is 6.15. The van der Waals surface area contributed by atoms with Crippen LogP contribution in [0.2, 0.25) is 0 Å². The van der Waals surface area contributed by atoms with Gasteiger partial charge in [-0.15, -0.1) is 0 Å². The Kier molecular flexibility index (Phi) is 3.88. The second kappa shape index (κ2) is 5.84. The monoisotopic (exact) mass is 294 g/mol. The molecule has 1 heterocycles. The first-order valence-corrected chi connectivity index (χ1v) is 7.71. The number of hydrogen-bond donors (Lipinski definition) is 1. The third kappa shape index (κ3) is 2.98. The minimum Gasteiger partial charge on any atom is -0.486 e. The van der Waals surface area contributed by atoms with Crippen molar-refractivity contribution in [1.82, 2.24) is 9.97 Å². The van der Waals surface area contributed by atoms with Crippen molar-refractivity contribution < 1.29 is 4.74 Å². The fourth-order valence-corrected chi connectivity index (χ4v) is 2.49. The molecule has 0 saturated heterocycles. The Labute approximate surface area is 131 Å². The maximum absolute atomic E-state index is 5.82. The van der Waals surface area contributed by atoms with Gasteiger partial charge in [0.15, 0.2) is 0 Å². The summed E-state index contributed by atoms with van der Waals surface area (Å²) in [6, 6.07) is 12.5. The SMILES string of the molecule is Cc1cc2nc(COc3ccc(C(C)C)cc3)[nH]c2cc1C. The van der Waals surface area contributed by atoms with Gasteiger partial charge in [-0.1, -0.05) is 26.0 Å². The van der Waals surface area contributed by atoms with E-state index >= 15 is 0 Å². The summed E-state index contributed by atoms with van der Waals surface area (Å²) in [6.07, 6.45) is 0. The van der Waals surface area contributed by atoms with Crippen molar-refractivity contribution in [3.8, 4) is 5.75 Å².